The van der Waals surface area contributed by atoms with Crippen molar-refractivity contribution in [1.29, 1.82) is 0 Å². The Morgan fingerprint density at radius 3 is 2.52 bits per heavy atom. The van der Waals surface area contributed by atoms with Gasteiger partial charge in [0.1, 0.15) is 0 Å². The number of piperidine rings is 1. The molecule has 1 fully saturated rings. The zero-order valence-electron chi connectivity index (χ0n) is 12.8. The SMILES string of the molecule is CCN(CCCO)C(=O)C1(c2ccccc2)CCNCC1. The Labute approximate surface area is 127 Å². The molecule has 0 spiro atoms. The van der Waals surface area contributed by atoms with Gasteiger partial charge in [-0.3, -0.25) is 4.79 Å². The molecule has 1 amide bonds. The Hall–Kier alpha value is -1.39. The van der Waals surface area contributed by atoms with Gasteiger partial charge in [-0.2, -0.15) is 0 Å². The Balaban J connectivity index is 2.29. The van der Waals surface area contributed by atoms with Gasteiger partial charge in [0.05, 0.1) is 5.41 Å². The van der Waals surface area contributed by atoms with E-state index in [-0.39, 0.29) is 12.5 Å². The summed E-state index contributed by atoms with van der Waals surface area (Å²) in [6.07, 6.45) is 2.32. The molecule has 4 heteroatoms. The molecule has 0 radical (unpaired) electrons. The van der Waals surface area contributed by atoms with E-state index in [0.29, 0.717) is 19.5 Å². The van der Waals surface area contributed by atoms with Gasteiger partial charge < -0.3 is 15.3 Å². The number of aliphatic hydroxyl groups excluding tert-OH is 1. The second kappa shape index (κ2) is 7.57. The number of amides is 1. The number of aliphatic hydroxyl groups is 1. The summed E-state index contributed by atoms with van der Waals surface area (Å²) in [5.41, 5.74) is 0.719. The highest BCUT2D eigenvalue weighted by Gasteiger charge is 2.42. The first-order valence-electron chi connectivity index (χ1n) is 7.91. The molecule has 1 aromatic rings. The van der Waals surface area contributed by atoms with Crippen molar-refractivity contribution < 1.29 is 9.90 Å². The number of carbonyl (C=O) groups is 1. The van der Waals surface area contributed by atoms with E-state index >= 15 is 0 Å². The number of hydrogen-bond donors (Lipinski definition) is 2. The van der Waals surface area contributed by atoms with Gasteiger partial charge in [-0.1, -0.05) is 30.3 Å². The zero-order valence-corrected chi connectivity index (χ0v) is 12.8. The van der Waals surface area contributed by atoms with Gasteiger partial charge in [0.15, 0.2) is 0 Å². The predicted octanol–water partition coefficient (Wildman–Crippen LogP) is 1.54. The van der Waals surface area contributed by atoms with E-state index in [1.807, 2.05) is 30.0 Å². The van der Waals surface area contributed by atoms with Crippen LogP contribution in [0.15, 0.2) is 30.3 Å². The van der Waals surface area contributed by atoms with Crippen LogP contribution in [-0.4, -0.2) is 48.7 Å². The number of nitrogens with zero attached hydrogens (tertiary/aromatic N) is 1. The fourth-order valence-corrected chi connectivity index (χ4v) is 3.20. The molecule has 2 rings (SSSR count). The third kappa shape index (κ3) is 3.44. The summed E-state index contributed by atoms with van der Waals surface area (Å²) >= 11 is 0. The molecule has 21 heavy (non-hydrogen) atoms. The van der Waals surface area contributed by atoms with Gasteiger partial charge in [-0.25, -0.2) is 0 Å². The molecule has 0 bridgehead atoms. The Morgan fingerprint density at radius 2 is 1.95 bits per heavy atom. The molecule has 0 aliphatic carbocycles. The molecular formula is C17H26N2O2. The van der Waals surface area contributed by atoms with Crippen LogP contribution in [0, 0.1) is 0 Å². The van der Waals surface area contributed by atoms with Crippen molar-refractivity contribution in [2.45, 2.75) is 31.6 Å². The minimum Gasteiger partial charge on any atom is -0.396 e. The minimum absolute atomic E-state index is 0.129. The van der Waals surface area contributed by atoms with E-state index in [1.165, 1.54) is 0 Å². The highest BCUT2D eigenvalue weighted by Crippen LogP contribution is 2.35. The average molecular weight is 290 g/mol. The van der Waals surface area contributed by atoms with Crippen LogP contribution in [-0.2, 0) is 10.2 Å². The molecule has 116 valence electrons. The van der Waals surface area contributed by atoms with Crippen LogP contribution in [0.1, 0.15) is 31.7 Å². The van der Waals surface area contributed by atoms with Crippen LogP contribution in [0.5, 0.6) is 0 Å². The van der Waals surface area contributed by atoms with E-state index in [4.69, 9.17) is 5.11 Å². The number of rotatable bonds is 6. The summed E-state index contributed by atoms with van der Waals surface area (Å²) in [5.74, 6) is 0.214. The number of likely N-dealkylation sites (N-methyl/N-ethyl adjacent to an activating group) is 1. The maximum atomic E-state index is 13.2. The molecule has 1 heterocycles. The number of carbonyl (C=O) groups excluding carboxylic acids is 1. The molecule has 4 nitrogen and oxygen atoms in total. The fourth-order valence-electron chi connectivity index (χ4n) is 3.20. The molecule has 0 atom stereocenters. The van der Waals surface area contributed by atoms with Gasteiger partial charge in [0.25, 0.3) is 0 Å². The second-order valence-corrected chi connectivity index (χ2v) is 5.66. The van der Waals surface area contributed by atoms with Crippen LogP contribution >= 0.6 is 0 Å². The number of benzene rings is 1. The summed E-state index contributed by atoms with van der Waals surface area (Å²) in [5, 5.41) is 12.4. The molecule has 0 unspecified atom stereocenters. The maximum Gasteiger partial charge on any atom is 0.233 e. The summed E-state index contributed by atoms with van der Waals surface area (Å²) in [7, 11) is 0. The van der Waals surface area contributed by atoms with E-state index in [9.17, 15) is 4.79 Å². The molecule has 0 saturated carbocycles. The van der Waals surface area contributed by atoms with Crippen molar-refractivity contribution in [1.82, 2.24) is 10.2 Å². The minimum atomic E-state index is -0.405. The molecule has 2 N–H and O–H groups in total. The van der Waals surface area contributed by atoms with Crippen molar-refractivity contribution >= 4 is 5.91 Å². The summed E-state index contributed by atoms with van der Waals surface area (Å²) in [4.78, 5) is 15.1. The van der Waals surface area contributed by atoms with Crippen molar-refractivity contribution in [2.75, 3.05) is 32.8 Å². The first-order chi connectivity index (χ1) is 10.2. The topological polar surface area (TPSA) is 52.6 Å². The fraction of sp³-hybridized carbons (Fsp3) is 0.588. The lowest BCUT2D eigenvalue weighted by molar-refractivity contribution is -0.138. The maximum absolute atomic E-state index is 13.2. The van der Waals surface area contributed by atoms with Crippen LogP contribution in [0.3, 0.4) is 0 Å². The van der Waals surface area contributed by atoms with Gasteiger partial charge in [-0.15, -0.1) is 0 Å². The lowest BCUT2D eigenvalue weighted by Crippen LogP contribution is -2.52. The van der Waals surface area contributed by atoms with Crippen molar-refractivity contribution in [3.63, 3.8) is 0 Å². The highest BCUT2D eigenvalue weighted by atomic mass is 16.3. The molecule has 1 aliphatic heterocycles. The summed E-state index contributed by atoms with van der Waals surface area (Å²) < 4.78 is 0. The van der Waals surface area contributed by atoms with Gasteiger partial charge >= 0.3 is 0 Å². The van der Waals surface area contributed by atoms with Crippen molar-refractivity contribution in [3.8, 4) is 0 Å². The zero-order chi connectivity index (χ0) is 15.1. The lowest BCUT2D eigenvalue weighted by atomic mass is 9.72. The Morgan fingerprint density at radius 1 is 1.29 bits per heavy atom. The predicted molar refractivity (Wildman–Crippen MR) is 84.2 cm³/mol. The van der Waals surface area contributed by atoms with Gasteiger partial charge in [0.2, 0.25) is 5.91 Å². The molecule has 1 saturated heterocycles. The molecule has 1 aromatic carbocycles. The third-order valence-corrected chi connectivity index (χ3v) is 4.45. The number of hydrogen-bond acceptors (Lipinski definition) is 3. The smallest absolute Gasteiger partial charge is 0.233 e. The monoisotopic (exact) mass is 290 g/mol. The number of nitrogens with one attached hydrogen (secondary N) is 1. The largest absolute Gasteiger partial charge is 0.396 e. The standard InChI is InChI=1S/C17H26N2O2/c1-2-19(13-6-14-20)16(21)17(9-11-18-12-10-17)15-7-4-3-5-8-15/h3-5,7-8,18,20H,2,6,9-14H2,1H3. The summed E-state index contributed by atoms with van der Waals surface area (Å²) in [6, 6.07) is 10.2. The van der Waals surface area contributed by atoms with E-state index in [0.717, 1.165) is 31.5 Å². The Kier molecular flexibility index (Phi) is 5.76. The van der Waals surface area contributed by atoms with Gasteiger partial charge in [-0.05, 0) is 44.8 Å². The molecule has 0 aromatic heterocycles. The van der Waals surface area contributed by atoms with Crippen LogP contribution in [0.25, 0.3) is 0 Å². The quantitative estimate of drug-likeness (QED) is 0.835. The molecule has 1 aliphatic rings. The summed E-state index contributed by atoms with van der Waals surface area (Å²) in [6.45, 7) is 5.21. The third-order valence-electron chi connectivity index (χ3n) is 4.45. The first-order valence-corrected chi connectivity index (χ1v) is 7.91. The highest BCUT2D eigenvalue weighted by molar-refractivity contribution is 5.88. The van der Waals surface area contributed by atoms with Crippen molar-refractivity contribution in [3.05, 3.63) is 35.9 Å². The van der Waals surface area contributed by atoms with Gasteiger partial charge in [0, 0.05) is 19.7 Å². The van der Waals surface area contributed by atoms with Crippen molar-refractivity contribution in [2.24, 2.45) is 0 Å². The van der Waals surface area contributed by atoms with Crippen LogP contribution in [0.2, 0.25) is 0 Å². The first kappa shape index (κ1) is 16.0. The van der Waals surface area contributed by atoms with E-state index < -0.39 is 5.41 Å². The van der Waals surface area contributed by atoms with Crippen LogP contribution < -0.4 is 5.32 Å². The normalized spacial score (nSPS) is 17.4. The Bertz CT molecular complexity index is 441. The molecular weight excluding hydrogens is 264 g/mol. The van der Waals surface area contributed by atoms with E-state index in [2.05, 4.69) is 17.4 Å². The average Bonchev–Trinajstić information content (AvgIpc) is 2.56. The lowest BCUT2D eigenvalue weighted by Gasteiger charge is -2.40. The second-order valence-electron chi connectivity index (χ2n) is 5.66. The van der Waals surface area contributed by atoms with E-state index in [1.54, 1.807) is 0 Å². The van der Waals surface area contributed by atoms with Crippen LogP contribution in [0.4, 0.5) is 0 Å².